The van der Waals surface area contributed by atoms with E-state index in [4.69, 9.17) is 32.3 Å². The minimum absolute atomic E-state index is 0.0775. The normalized spacial score (nSPS) is 15.1. The first-order chi connectivity index (χ1) is 41.2. The molecule has 5 unspecified atom stereocenters. The number of rotatable bonds is 59. The van der Waals surface area contributed by atoms with Crippen molar-refractivity contribution in [3.8, 4) is 0 Å². The van der Waals surface area contributed by atoms with Gasteiger partial charge in [-0.05, 0) is 122 Å². The Morgan fingerprint density at radius 1 is 0.329 bits per heavy atom. The van der Waals surface area contributed by atoms with Crippen LogP contribution in [-0.4, -0.2) is 95.9 Å². The fourth-order valence-corrected chi connectivity index (χ4v) is 9.47. The molecule has 0 spiro atoms. The van der Waals surface area contributed by atoms with Gasteiger partial charge in [-0.15, -0.1) is 0 Å². The summed E-state index contributed by atoms with van der Waals surface area (Å²) < 4.78 is 60.7. The predicted octanol–water partition coefficient (Wildman–Crippen LogP) is 17.1. The lowest BCUT2D eigenvalue weighted by Crippen LogP contribution is -2.30. The molecule has 5 atom stereocenters. The number of phosphoric ester groups is 2. The van der Waals surface area contributed by atoms with E-state index in [-0.39, 0.29) is 19.3 Å². The number of esters is 3. The Balaban J connectivity index is 4.71. The molecule has 0 saturated heterocycles. The number of allylic oxidation sites excluding steroid dienone is 20. The SMILES string of the molecule is CC/C=C\C/C=C\C/C=C\C/C=C\CCCCCCCCC(=O)OCC(O)COP(=O)(O)OCC(O)COP(=O)(O)OCC(COC(=O)CCCCCCC/C=C\C/C=C\C/C=C\CC)OC(=O)CCCCCCC/C=C\C/C=C\C/C=C\CC. The first-order valence-corrected chi connectivity index (χ1v) is 34.8. The monoisotopic (exact) mass is 1230 g/mol. The number of aliphatic hydroxyl groups is 2. The second kappa shape index (κ2) is 60.2. The summed E-state index contributed by atoms with van der Waals surface area (Å²) in [7, 11) is -9.79. The standard InChI is InChI=1S/C67H112O16P2/c1-4-7-10-13-16-19-22-25-28-29-30-31-34-36-38-41-44-47-50-53-65(70)77-56-62(68)57-79-84(73,74)80-58-63(69)59-81-85(75,76)82-61-64(83-67(72)55-52-49-46-43-40-37-33-27-24-21-18-15-12-9-6-3)60-78-66(71)54-51-48-45-42-39-35-32-26-23-20-17-14-11-8-5-2/h7-12,16-21,25-28,30-33,62-64,68-69H,4-6,13-15,22-24,29,34-61H2,1-3H3,(H,73,74)(H,75,76)/b10-7-,11-8-,12-9-,19-16-,20-17-,21-18-,28-25-,31-30-,32-26-,33-27-. The topological polar surface area (TPSA) is 231 Å². The highest BCUT2D eigenvalue weighted by Crippen LogP contribution is 2.45. The highest BCUT2D eigenvalue weighted by Gasteiger charge is 2.29. The van der Waals surface area contributed by atoms with Crippen LogP contribution < -0.4 is 0 Å². The molecule has 0 aliphatic heterocycles. The zero-order chi connectivity index (χ0) is 62.4. The highest BCUT2D eigenvalue weighted by atomic mass is 31.2. The molecule has 0 heterocycles. The Morgan fingerprint density at radius 2 is 0.588 bits per heavy atom. The van der Waals surface area contributed by atoms with Crippen molar-refractivity contribution in [2.24, 2.45) is 0 Å². The summed E-state index contributed by atoms with van der Waals surface area (Å²) in [6, 6.07) is 0. The first-order valence-electron chi connectivity index (χ1n) is 31.8. The molecule has 0 rings (SSSR count). The smallest absolute Gasteiger partial charge is 0.463 e. The predicted molar refractivity (Wildman–Crippen MR) is 343 cm³/mol. The van der Waals surface area contributed by atoms with Crippen LogP contribution in [0.4, 0.5) is 0 Å². The zero-order valence-corrected chi connectivity index (χ0v) is 54.0. The molecule has 0 aliphatic carbocycles. The fourth-order valence-electron chi connectivity index (χ4n) is 7.88. The molecule has 0 aromatic heterocycles. The maximum atomic E-state index is 12.9. The lowest BCUT2D eigenvalue weighted by molar-refractivity contribution is -0.161. The maximum absolute atomic E-state index is 12.9. The van der Waals surface area contributed by atoms with Crippen molar-refractivity contribution in [1.82, 2.24) is 0 Å². The number of hydrogen-bond donors (Lipinski definition) is 4. The van der Waals surface area contributed by atoms with Crippen molar-refractivity contribution < 1.29 is 75.8 Å². The van der Waals surface area contributed by atoms with Gasteiger partial charge >= 0.3 is 33.6 Å². The van der Waals surface area contributed by atoms with Crippen LogP contribution in [0.2, 0.25) is 0 Å². The van der Waals surface area contributed by atoms with Gasteiger partial charge in [0.15, 0.2) is 6.10 Å². The second-order valence-electron chi connectivity index (χ2n) is 20.8. The van der Waals surface area contributed by atoms with E-state index < -0.39 is 91.5 Å². The van der Waals surface area contributed by atoms with E-state index in [0.29, 0.717) is 19.3 Å². The minimum atomic E-state index is -4.93. The summed E-state index contributed by atoms with van der Waals surface area (Å²) in [4.78, 5) is 58.2. The molecule has 0 fully saturated rings. The van der Waals surface area contributed by atoms with Crippen LogP contribution in [0.3, 0.4) is 0 Å². The lowest BCUT2D eigenvalue weighted by atomic mass is 10.1. The second-order valence-corrected chi connectivity index (χ2v) is 23.7. The summed E-state index contributed by atoms with van der Waals surface area (Å²) >= 11 is 0. The quantitative estimate of drug-likeness (QED) is 0.0146. The van der Waals surface area contributed by atoms with Crippen molar-refractivity contribution in [2.45, 2.75) is 245 Å². The number of phosphoric acid groups is 2. The zero-order valence-electron chi connectivity index (χ0n) is 52.2. The van der Waals surface area contributed by atoms with E-state index in [1.165, 1.54) is 0 Å². The molecular weight excluding hydrogens is 1120 g/mol. The van der Waals surface area contributed by atoms with Crippen molar-refractivity contribution in [3.05, 3.63) is 122 Å². The molecule has 0 radical (unpaired) electrons. The molecule has 0 aromatic carbocycles. The highest BCUT2D eigenvalue weighted by molar-refractivity contribution is 7.47. The average molecular weight is 1240 g/mol. The van der Waals surface area contributed by atoms with Crippen LogP contribution in [0.15, 0.2) is 122 Å². The van der Waals surface area contributed by atoms with E-state index >= 15 is 0 Å². The number of unbranched alkanes of at least 4 members (excludes halogenated alkanes) is 16. The van der Waals surface area contributed by atoms with Crippen LogP contribution in [0, 0.1) is 0 Å². The third-order valence-electron chi connectivity index (χ3n) is 12.7. The van der Waals surface area contributed by atoms with Crippen molar-refractivity contribution in [1.29, 1.82) is 0 Å². The summed E-state index contributed by atoms with van der Waals surface area (Å²) in [5.41, 5.74) is 0. The van der Waals surface area contributed by atoms with Gasteiger partial charge in [0.2, 0.25) is 0 Å². The van der Waals surface area contributed by atoms with Gasteiger partial charge in [-0.2, -0.15) is 0 Å². The van der Waals surface area contributed by atoms with Crippen molar-refractivity contribution >= 4 is 33.6 Å². The first kappa shape index (κ1) is 81.0. The number of aliphatic hydroxyl groups excluding tert-OH is 2. The number of hydrogen-bond acceptors (Lipinski definition) is 14. The van der Waals surface area contributed by atoms with Gasteiger partial charge in [0.1, 0.15) is 25.4 Å². The van der Waals surface area contributed by atoms with Gasteiger partial charge in [0, 0.05) is 19.3 Å². The Hall–Kier alpha value is -4.05. The van der Waals surface area contributed by atoms with Crippen molar-refractivity contribution in [3.63, 3.8) is 0 Å². The molecule has 4 N–H and O–H groups in total. The van der Waals surface area contributed by atoms with Gasteiger partial charge in [0.05, 0.1) is 26.4 Å². The van der Waals surface area contributed by atoms with Gasteiger partial charge in [-0.25, -0.2) is 9.13 Å². The third-order valence-corrected chi connectivity index (χ3v) is 14.6. The van der Waals surface area contributed by atoms with Gasteiger partial charge < -0.3 is 34.2 Å². The Bertz CT molecular complexity index is 2040. The molecule has 0 bridgehead atoms. The third kappa shape index (κ3) is 61.4. The van der Waals surface area contributed by atoms with E-state index in [1.807, 2.05) is 0 Å². The van der Waals surface area contributed by atoms with Crippen LogP contribution in [0.25, 0.3) is 0 Å². The fraction of sp³-hybridized carbons (Fsp3) is 0.657. The van der Waals surface area contributed by atoms with Gasteiger partial charge in [0.25, 0.3) is 0 Å². The molecular formula is C67H112O16P2. The molecule has 18 heteroatoms. The molecule has 0 amide bonds. The molecule has 16 nitrogen and oxygen atoms in total. The van der Waals surface area contributed by atoms with E-state index in [1.54, 1.807) is 0 Å². The number of ether oxygens (including phenoxy) is 3. The summed E-state index contributed by atoms with van der Waals surface area (Å²) in [5, 5.41) is 20.5. The largest absolute Gasteiger partial charge is 0.472 e. The number of carbonyl (C=O) groups is 3. The Morgan fingerprint density at radius 3 is 0.929 bits per heavy atom. The van der Waals surface area contributed by atoms with Gasteiger partial charge in [-0.1, -0.05) is 206 Å². The minimum Gasteiger partial charge on any atom is -0.463 e. The molecule has 0 aromatic rings. The summed E-state index contributed by atoms with van der Waals surface area (Å²) in [6.45, 7) is 2.24. The van der Waals surface area contributed by atoms with E-state index in [9.17, 15) is 43.5 Å². The number of carbonyl (C=O) groups excluding carboxylic acids is 3. The van der Waals surface area contributed by atoms with Crippen LogP contribution in [-0.2, 0) is 55.8 Å². The summed E-state index contributed by atoms with van der Waals surface area (Å²) in [6.07, 6.45) is 66.9. The van der Waals surface area contributed by atoms with E-state index in [0.717, 1.165) is 167 Å². The van der Waals surface area contributed by atoms with Crippen LogP contribution in [0.5, 0.6) is 0 Å². The molecule has 0 saturated carbocycles. The summed E-state index contributed by atoms with van der Waals surface area (Å²) in [5.74, 6) is -1.64. The molecule has 0 aliphatic rings. The molecule has 85 heavy (non-hydrogen) atoms. The van der Waals surface area contributed by atoms with E-state index in [2.05, 4.69) is 142 Å². The van der Waals surface area contributed by atoms with Crippen molar-refractivity contribution in [2.75, 3.05) is 39.6 Å². The van der Waals surface area contributed by atoms with Crippen LogP contribution >= 0.6 is 15.6 Å². The maximum Gasteiger partial charge on any atom is 0.472 e. The molecule has 486 valence electrons. The Labute approximate surface area is 512 Å². The van der Waals surface area contributed by atoms with Gasteiger partial charge in [-0.3, -0.25) is 32.5 Å². The average Bonchev–Trinajstić information content (AvgIpc) is 3.52. The van der Waals surface area contributed by atoms with Crippen LogP contribution in [0.1, 0.15) is 226 Å². The lowest BCUT2D eigenvalue weighted by Gasteiger charge is -2.21. The Kier molecular flexibility index (Phi) is 57.4.